The lowest BCUT2D eigenvalue weighted by Crippen LogP contribution is -2.28. The second kappa shape index (κ2) is 5.20. The van der Waals surface area contributed by atoms with Crippen LogP contribution in [0.15, 0.2) is 9.80 Å². The molecule has 0 unspecified atom stereocenters. The molecule has 0 atom stereocenters. The Kier molecular flexibility index (Phi) is 5.30. The summed E-state index contributed by atoms with van der Waals surface area (Å²) in [4.78, 5) is 2.37. The number of allylic oxidation sites excluding steroid dienone is 1. The zero-order valence-electron chi connectivity index (χ0n) is 9.74. The predicted molar refractivity (Wildman–Crippen MR) is 67.9 cm³/mol. The Bertz CT molecular complexity index is 190. The summed E-state index contributed by atoms with van der Waals surface area (Å²) in [6, 6.07) is 0. The molecule has 0 aliphatic carbocycles. The van der Waals surface area contributed by atoms with Crippen LogP contribution in [-0.2, 0) is 0 Å². The molecule has 0 radical (unpaired) electrons. The number of hydrogen-bond acceptors (Lipinski definition) is 1. The van der Waals surface area contributed by atoms with Gasteiger partial charge in [-0.3, -0.25) is 0 Å². The maximum absolute atomic E-state index is 3.71. The molecule has 0 amide bonds. The van der Waals surface area contributed by atoms with Crippen LogP contribution in [0.5, 0.6) is 0 Å². The van der Waals surface area contributed by atoms with Gasteiger partial charge in [0.25, 0.3) is 0 Å². The third-order valence-electron chi connectivity index (χ3n) is 2.48. The van der Waals surface area contributed by atoms with Crippen LogP contribution < -0.4 is 0 Å². The highest BCUT2D eigenvalue weighted by molar-refractivity contribution is 9.11. The molecule has 0 rings (SSSR count). The molecule has 3 heteroatoms. The minimum atomic E-state index is -1.13. The zero-order chi connectivity index (χ0) is 10.6. The van der Waals surface area contributed by atoms with Crippen LogP contribution in [0.1, 0.15) is 20.8 Å². The first kappa shape index (κ1) is 13.2. The van der Waals surface area contributed by atoms with Gasteiger partial charge in [-0.2, -0.15) is 0 Å². The molecule has 0 N–H and O–H groups in total. The van der Waals surface area contributed by atoms with Crippen LogP contribution in [0.2, 0.25) is 19.6 Å². The zero-order valence-corrected chi connectivity index (χ0v) is 12.3. The third kappa shape index (κ3) is 3.86. The van der Waals surface area contributed by atoms with E-state index in [-0.39, 0.29) is 0 Å². The fourth-order valence-electron chi connectivity index (χ4n) is 1.05. The molecule has 0 heterocycles. The minimum absolute atomic E-state index is 1.08. The molecule has 0 aromatic carbocycles. The van der Waals surface area contributed by atoms with Gasteiger partial charge in [0.1, 0.15) is 0 Å². The van der Waals surface area contributed by atoms with Gasteiger partial charge >= 0.3 is 0 Å². The fraction of sp³-hybridized carbons (Fsp3) is 0.800. The van der Waals surface area contributed by atoms with E-state index >= 15 is 0 Å². The van der Waals surface area contributed by atoms with Crippen molar-refractivity contribution in [2.45, 2.75) is 40.4 Å². The smallest absolute Gasteiger partial charge is 0.0755 e. The highest BCUT2D eigenvalue weighted by atomic mass is 79.9. The average molecular weight is 264 g/mol. The Balaban J connectivity index is 4.79. The van der Waals surface area contributed by atoms with Crippen molar-refractivity contribution in [2.75, 3.05) is 13.1 Å². The van der Waals surface area contributed by atoms with Crippen molar-refractivity contribution in [1.29, 1.82) is 0 Å². The highest BCUT2D eigenvalue weighted by Gasteiger charge is 2.20. The van der Waals surface area contributed by atoms with Gasteiger partial charge in [0.2, 0.25) is 0 Å². The molecule has 13 heavy (non-hydrogen) atoms. The van der Waals surface area contributed by atoms with E-state index in [0.29, 0.717) is 0 Å². The maximum Gasteiger partial charge on any atom is 0.0755 e. The Labute approximate surface area is 92.3 Å². The Hall–Kier alpha value is 0.237. The second-order valence-corrected chi connectivity index (χ2v) is 10.3. The molecule has 78 valence electrons. The van der Waals surface area contributed by atoms with E-state index in [1.165, 1.54) is 4.61 Å². The SMILES string of the molecule is CCN(CC)/C(Br)=C(\C)[Si](C)(C)C. The van der Waals surface area contributed by atoms with Gasteiger partial charge in [-0.15, -0.1) is 0 Å². The topological polar surface area (TPSA) is 3.24 Å². The van der Waals surface area contributed by atoms with Gasteiger partial charge < -0.3 is 4.90 Å². The first-order valence-electron chi connectivity index (χ1n) is 4.96. The molecular weight excluding hydrogens is 242 g/mol. The summed E-state index contributed by atoms with van der Waals surface area (Å²) in [5, 5.41) is 1.55. The molecule has 1 nitrogen and oxygen atoms in total. The van der Waals surface area contributed by atoms with Crippen molar-refractivity contribution in [1.82, 2.24) is 4.90 Å². The van der Waals surface area contributed by atoms with E-state index in [4.69, 9.17) is 0 Å². The molecular formula is C10H22BrNSi. The molecule has 0 bridgehead atoms. The van der Waals surface area contributed by atoms with E-state index in [1.54, 1.807) is 5.20 Å². The summed E-state index contributed by atoms with van der Waals surface area (Å²) < 4.78 is 1.32. The van der Waals surface area contributed by atoms with Crippen molar-refractivity contribution < 1.29 is 0 Å². The summed E-state index contributed by atoms with van der Waals surface area (Å²) in [7, 11) is -1.13. The van der Waals surface area contributed by atoms with Gasteiger partial charge in [-0.25, -0.2) is 0 Å². The average Bonchev–Trinajstić information content (AvgIpc) is 2.03. The number of nitrogens with zero attached hydrogens (tertiary/aromatic N) is 1. The summed E-state index contributed by atoms with van der Waals surface area (Å²) in [5.74, 6) is 0. The van der Waals surface area contributed by atoms with Crippen LogP contribution >= 0.6 is 15.9 Å². The van der Waals surface area contributed by atoms with E-state index in [2.05, 4.69) is 61.2 Å². The molecule has 0 spiro atoms. The number of hydrogen-bond donors (Lipinski definition) is 0. The van der Waals surface area contributed by atoms with Crippen LogP contribution in [0.25, 0.3) is 0 Å². The molecule has 0 saturated heterocycles. The number of halogens is 1. The molecule has 0 aromatic heterocycles. The molecule has 0 aromatic rings. The quantitative estimate of drug-likeness (QED) is 0.551. The summed E-state index contributed by atoms with van der Waals surface area (Å²) in [6.07, 6.45) is 0. The van der Waals surface area contributed by atoms with Crippen molar-refractivity contribution in [3.05, 3.63) is 9.80 Å². The van der Waals surface area contributed by atoms with Crippen molar-refractivity contribution in [3.63, 3.8) is 0 Å². The summed E-state index contributed by atoms with van der Waals surface area (Å²) >= 11 is 3.71. The van der Waals surface area contributed by atoms with Crippen molar-refractivity contribution in [2.24, 2.45) is 0 Å². The molecule has 0 aliphatic heterocycles. The van der Waals surface area contributed by atoms with Gasteiger partial charge in [0, 0.05) is 13.1 Å². The molecule has 0 aliphatic rings. The second-order valence-electron chi connectivity index (χ2n) is 4.34. The van der Waals surface area contributed by atoms with Crippen LogP contribution in [0.3, 0.4) is 0 Å². The van der Waals surface area contributed by atoms with Crippen LogP contribution in [-0.4, -0.2) is 26.1 Å². The van der Waals surface area contributed by atoms with Gasteiger partial charge in [-0.1, -0.05) is 24.8 Å². The highest BCUT2D eigenvalue weighted by Crippen LogP contribution is 2.24. The number of rotatable bonds is 4. The first-order chi connectivity index (χ1) is 5.84. The minimum Gasteiger partial charge on any atom is -0.367 e. The van der Waals surface area contributed by atoms with Gasteiger partial charge in [-0.05, 0) is 36.7 Å². The van der Waals surface area contributed by atoms with Crippen LogP contribution in [0, 0.1) is 0 Å². The first-order valence-corrected chi connectivity index (χ1v) is 9.25. The predicted octanol–water partition coefficient (Wildman–Crippen LogP) is 3.83. The molecule has 0 fully saturated rings. The summed E-state index contributed by atoms with van der Waals surface area (Å²) in [5.41, 5.74) is 0. The monoisotopic (exact) mass is 263 g/mol. The maximum atomic E-state index is 3.71. The van der Waals surface area contributed by atoms with E-state index in [0.717, 1.165) is 13.1 Å². The van der Waals surface area contributed by atoms with E-state index in [9.17, 15) is 0 Å². The van der Waals surface area contributed by atoms with E-state index in [1.807, 2.05) is 0 Å². The van der Waals surface area contributed by atoms with Gasteiger partial charge in [0.15, 0.2) is 0 Å². The molecule has 0 saturated carbocycles. The van der Waals surface area contributed by atoms with Crippen LogP contribution in [0.4, 0.5) is 0 Å². The standard InChI is InChI=1S/C10H22BrNSi/c1-7-12(8-2)10(11)9(3)13(4,5)6/h7-8H2,1-6H3/b10-9+. The van der Waals surface area contributed by atoms with E-state index < -0.39 is 8.07 Å². The largest absolute Gasteiger partial charge is 0.367 e. The summed E-state index contributed by atoms with van der Waals surface area (Å²) in [6.45, 7) is 16.0. The Morgan fingerprint density at radius 3 is 1.77 bits per heavy atom. The Morgan fingerprint density at radius 1 is 1.15 bits per heavy atom. The normalized spacial score (nSPS) is 14.1. The lowest BCUT2D eigenvalue weighted by molar-refractivity contribution is 0.409. The van der Waals surface area contributed by atoms with Gasteiger partial charge in [0.05, 0.1) is 12.7 Å². The van der Waals surface area contributed by atoms with Crippen molar-refractivity contribution >= 4 is 24.0 Å². The fourth-order valence-corrected chi connectivity index (χ4v) is 4.11. The Morgan fingerprint density at radius 2 is 1.54 bits per heavy atom. The van der Waals surface area contributed by atoms with Crippen molar-refractivity contribution in [3.8, 4) is 0 Å². The lowest BCUT2D eigenvalue weighted by atomic mass is 10.5. The third-order valence-corrected chi connectivity index (χ3v) is 6.42. The lowest BCUT2D eigenvalue weighted by Gasteiger charge is -2.27.